The van der Waals surface area contributed by atoms with Crippen LogP contribution in [0.2, 0.25) is 0 Å². The number of aliphatic imine (C=N–C) groups is 1. The highest BCUT2D eigenvalue weighted by Crippen LogP contribution is 2.34. The zero-order valence-electron chi connectivity index (χ0n) is 40.5. The Labute approximate surface area is 375 Å². The fraction of sp³-hybridized carbons (Fsp3) is 0.538. The third-order valence-corrected chi connectivity index (χ3v) is 9.94. The van der Waals surface area contributed by atoms with Crippen LogP contribution in [0.5, 0.6) is 11.5 Å². The van der Waals surface area contributed by atoms with Crippen LogP contribution in [-0.4, -0.2) is 59.7 Å². The molecule has 3 atom stereocenters. The quantitative estimate of drug-likeness (QED) is 0.0525. The number of aromatic nitrogens is 1. The standard InChI is InChI=1S/C35H48N6O2.C12H21FO.C3H4.C2H6/c1-7-10-12-18-36-34(33-28(6)23-32-35(39-33)40(19-13-11-8-2)24-26(4)25-42-32)38-29-14-15-31(27(5)22-29)43-30-16-20-41(21-17-30)37-9-3;1-5-10(3)9-12(13,6-2)8-7-11(4)14;1-3-2;1-2/h9,12,14-18,20,22-23,26H,7-8,10-11,13,19,21,24-25H2,1-6H3,(H,36,38);7-8,10H,5-6,9H2,1-4H3;1H,2H3;1-2H3/b18-12+,37-9-;8-7+;;. The number of nitrogens with one attached hydrogen (secondary N) is 1. The summed E-state index contributed by atoms with van der Waals surface area (Å²) in [4.78, 5) is 23.2. The van der Waals surface area contributed by atoms with Crippen molar-refractivity contribution in [3.8, 4) is 23.8 Å². The largest absolute Gasteiger partial charge is 0.489 e. The van der Waals surface area contributed by atoms with E-state index in [-0.39, 0.29) is 5.78 Å². The van der Waals surface area contributed by atoms with Crippen LogP contribution in [0.4, 0.5) is 15.9 Å². The van der Waals surface area contributed by atoms with Crippen molar-refractivity contribution in [2.45, 2.75) is 147 Å². The number of hydrogen-bond acceptors (Lipinski definition) is 8. The van der Waals surface area contributed by atoms with Gasteiger partial charge in [0, 0.05) is 43.3 Å². The van der Waals surface area contributed by atoms with Crippen molar-refractivity contribution in [3.05, 3.63) is 89.6 Å². The molecule has 0 saturated carbocycles. The molecule has 10 heteroatoms. The van der Waals surface area contributed by atoms with Crippen LogP contribution in [0.25, 0.3) is 0 Å². The Hall–Kier alpha value is -5.17. The highest BCUT2D eigenvalue weighted by molar-refractivity contribution is 6.08. The third-order valence-electron chi connectivity index (χ3n) is 9.94. The highest BCUT2D eigenvalue weighted by Gasteiger charge is 2.26. The Morgan fingerprint density at radius 3 is 2.47 bits per heavy atom. The molecular weight excluding hydrogens is 776 g/mol. The monoisotopic (exact) mass is 855 g/mol. The highest BCUT2D eigenvalue weighted by atomic mass is 19.1. The number of ketones is 1. The van der Waals surface area contributed by atoms with Gasteiger partial charge in [-0.05, 0) is 126 Å². The number of alkyl halides is 1. The summed E-state index contributed by atoms with van der Waals surface area (Å²) in [6.07, 6.45) is 26.5. The number of terminal acetylenes is 1. The van der Waals surface area contributed by atoms with Gasteiger partial charge >= 0.3 is 0 Å². The van der Waals surface area contributed by atoms with Crippen LogP contribution in [-0.2, 0) is 4.79 Å². The minimum absolute atomic E-state index is 0.0929. The number of rotatable bonds is 18. The molecule has 1 aromatic carbocycles. The van der Waals surface area contributed by atoms with Crippen LogP contribution >= 0.6 is 0 Å². The van der Waals surface area contributed by atoms with Gasteiger partial charge < -0.3 is 19.7 Å². The number of ether oxygens (including phenoxy) is 2. The summed E-state index contributed by atoms with van der Waals surface area (Å²) in [6.45, 7) is 28.9. The molecule has 4 rings (SSSR count). The number of carbonyl (C=O) groups is 1. The number of fused-ring (bicyclic) bond motifs is 1. The van der Waals surface area contributed by atoms with Gasteiger partial charge in [0.05, 0.1) is 13.2 Å². The molecule has 1 aromatic heterocycles. The molecule has 2 aliphatic heterocycles. The maximum absolute atomic E-state index is 14.1. The summed E-state index contributed by atoms with van der Waals surface area (Å²) in [5.74, 6) is 7.03. The number of nitrogens with zero attached hydrogens (tertiary/aromatic N) is 5. The first-order chi connectivity index (χ1) is 29.8. The van der Waals surface area contributed by atoms with Gasteiger partial charge in [0.1, 0.15) is 22.9 Å². The van der Waals surface area contributed by atoms with E-state index in [0.717, 1.165) is 84.4 Å². The summed E-state index contributed by atoms with van der Waals surface area (Å²) in [5, 5.41) is 9.71. The van der Waals surface area contributed by atoms with Crippen molar-refractivity contribution in [2.24, 2.45) is 21.9 Å². The molecule has 1 N–H and O–H groups in total. The topological polar surface area (TPSA) is 91.7 Å². The normalized spacial score (nSPS) is 16.2. The van der Waals surface area contributed by atoms with Gasteiger partial charge in [0.25, 0.3) is 0 Å². The average molecular weight is 855 g/mol. The number of hydrazone groups is 1. The average Bonchev–Trinajstić information content (AvgIpc) is 3.41. The van der Waals surface area contributed by atoms with E-state index in [1.54, 1.807) is 13.1 Å². The second-order valence-corrected chi connectivity index (χ2v) is 15.7. The second-order valence-electron chi connectivity index (χ2n) is 15.7. The zero-order valence-corrected chi connectivity index (χ0v) is 40.5. The van der Waals surface area contributed by atoms with Gasteiger partial charge in [0.15, 0.2) is 23.2 Å². The van der Waals surface area contributed by atoms with Gasteiger partial charge in [-0.1, -0.05) is 87.1 Å². The van der Waals surface area contributed by atoms with Crippen LogP contribution in [0.15, 0.2) is 82.9 Å². The van der Waals surface area contributed by atoms with E-state index in [1.807, 2.05) is 76.3 Å². The number of carbonyl (C=O) groups excluding carboxylic acids is 1. The summed E-state index contributed by atoms with van der Waals surface area (Å²) in [7, 11) is 0. The van der Waals surface area contributed by atoms with Crippen LogP contribution in [0.1, 0.15) is 144 Å². The number of halogens is 1. The molecule has 0 saturated heterocycles. The fourth-order valence-electron chi connectivity index (χ4n) is 6.38. The van der Waals surface area contributed by atoms with Crippen molar-refractivity contribution in [3.63, 3.8) is 0 Å². The number of allylic oxidation sites excluding steroid dienone is 4. The van der Waals surface area contributed by atoms with E-state index >= 15 is 0 Å². The van der Waals surface area contributed by atoms with Crippen molar-refractivity contribution in [2.75, 3.05) is 36.5 Å². The number of aryl methyl sites for hydroxylation is 2. The molecule has 3 heterocycles. The summed E-state index contributed by atoms with van der Waals surface area (Å²) >= 11 is 0. The van der Waals surface area contributed by atoms with E-state index in [0.29, 0.717) is 43.7 Å². The predicted molar refractivity (Wildman–Crippen MR) is 263 cm³/mol. The number of benzene rings is 1. The summed E-state index contributed by atoms with van der Waals surface area (Å²) < 4.78 is 26.5. The summed E-state index contributed by atoms with van der Waals surface area (Å²) in [6, 6.07) is 8.22. The van der Waals surface area contributed by atoms with Gasteiger partial charge in [-0.3, -0.25) is 9.80 Å². The Morgan fingerprint density at radius 1 is 1.16 bits per heavy atom. The van der Waals surface area contributed by atoms with E-state index < -0.39 is 5.67 Å². The Morgan fingerprint density at radius 2 is 1.89 bits per heavy atom. The lowest BCUT2D eigenvalue weighted by Crippen LogP contribution is -2.30. The molecule has 0 amide bonds. The van der Waals surface area contributed by atoms with Crippen molar-refractivity contribution < 1.29 is 18.7 Å². The number of amidine groups is 1. The van der Waals surface area contributed by atoms with Gasteiger partial charge in [0.2, 0.25) is 0 Å². The van der Waals surface area contributed by atoms with Crippen LogP contribution in [0, 0.1) is 38.0 Å². The fourth-order valence-corrected chi connectivity index (χ4v) is 6.38. The SMILES string of the molecule is C#CC.C/C=N\N1C=CC(Oc2ccc(NC(=N/C=C/CCC)c3nc4c(cc3C)OCC(C)CN4CCCCC)cc2C)=CC1.CC.CCC(C)CC(F)(/C=C/C(C)=O)CC. The number of anilines is 2. The molecule has 342 valence electrons. The lowest BCUT2D eigenvalue weighted by molar-refractivity contribution is -0.112. The number of unbranched alkanes of at least 4 members (excludes halogenated alkanes) is 3. The Bertz CT molecular complexity index is 1860. The molecule has 0 aliphatic carbocycles. The second kappa shape index (κ2) is 30.8. The number of pyridine rings is 1. The molecule has 2 aliphatic rings. The Balaban J connectivity index is 0.000000850. The lowest BCUT2D eigenvalue weighted by atomic mass is 9.89. The van der Waals surface area contributed by atoms with Crippen LogP contribution in [0.3, 0.4) is 0 Å². The molecule has 0 fully saturated rings. The molecule has 0 spiro atoms. The molecule has 0 bridgehead atoms. The van der Waals surface area contributed by atoms with Gasteiger partial charge in [-0.2, -0.15) is 5.10 Å². The smallest absolute Gasteiger partial charge is 0.172 e. The first-order valence-corrected chi connectivity index (χ1v) is 22.8. The molecular formula is C52H79FN6O3. The summed E-state index contributed by atoms with van der Waals surface area (Å²) in [5.41, 5.74) is 2.48. The maximum atomic E-state index is 14.1. The lowest BCUT2D eigenvalue weighted by Gasteiger charge is -2.25. The van der Waals surface area contributed by atoms with Crippen molar-refractivity contribution >= 4 is 29.3 Å². The predicted octanol–water partition coefficient (Wildman–Crippen LogP) is 13.3. The maximum Gasteiger partial charge on any atom is 0.172 e. The molecule has 62 heavy (non-hydrogen) atoms. The van der Waals surface area contributed by atoms with E-state index in [2.05, 4.69) is 87.4 Å². The molecule has 3 unspecified atom stereocenters. The first-order valence-electron chi connectivity index (χ1n) is 22.8. The minimum atomic E-state index is -1.30. The number of hydrogen-bond donors (Lipinski definition) is 1. The molecule has 2 aromatic rings. The Kier molecular flexibility index (Phi) is 27.2. The third kappa shape index (κ3) is 20.1. The van der Waals surface area contributed by atoms with E-state index in [4.69, 9.17) is 19.5 Å². The van der Waals surface area contributed by atoms with Crippen molar-refractivity contribution in [1.29, 1.82) is 0 Å². The van der Waals surface area contributed by atoms with E-state index in [9.17, 15) is 9.18 Å². The van der Waals surface area contributed by atoms with Crippen molar-refractivity contribution in [1.82, 2.24) is 9.99 Å². The van der Waals surface area contributed by atoms with Crippen LogP contribution < -0.4 is 19.7 Å². The molecule has 9 nitrogen and oxygen atoms in total. The minimum Gasteiger partial charge on any atom is -0.489 e. The van der Waals surface area contributed by atoms with Gasteiger partial charge in [-0.25, -0.2) is 14.4 Å². The zero-order chi connectivity index (χ0) is 46.5. The van der Waals surface area contributed by atoms with E-state index in [1.165, 1.54) is 31.9 Å². The molecule has 0 radical (unpaired) electrons. The van der Waals surface area contributed by atoms with Gasteiger partial charge in [-0.15, -0.1) is 12.3 Å². The first kappa shape index (κ1) is 54.8.